The summed E-state index contributed by atoms with van der Waals surface area (Å²) in [4.78, 5) is 65.7. The largest absolute Gasteiger partial charge is 0.547 e. The number of nitrogens with zero attached hydrogens (tertiary/aromatic N) is 1. The van der Waals surface area contributed by atoms with Crippen molar-refractivity contribution in [2.24, 2.45) is 0 Å². The van der Waals surface area contributed by atoms with E-state index in [4.69, 9.17) is 45.3 Å². The van der Waals surface area contributed by atoms with Crippen molar-refractivity contribution in [2.45, 2.75) is 53.1 Å². The van der Waals surface area contributed by atoms with Crippen molar-refractivity contribution in [2.75, 3.05) is 34.3 Å². The fraction of sp³-hybridized carbons (Fsp3) is 0.650. The number of carboxylic acid groups (broad SMARTS) is 6. The second-order valence-electron chi connectivity index (χ2n) is 7.17. The summed E-state index contributed by atoms with van der Waals surface area (Å²) in [5.74, 6) is -7.42. The molecule has 0 rings (SSSR count). The van der Waals surface area contributed by atoms with Gasteiger partial charge in [0, 0.05) is 20.8 Å². The lowest BCUT2D eigenvalue weighted by Gasteiger charge is -2.21. The number of ketones is 1. The molecule has 0 spiro atoms. The van der Waals surface area contributed by atoms with Crippen molar-refractivity contribution >= 4 is 41.6 Å². The number of Topliss-reactive ketones (excluding diaryl/α,β-unsaturated/α-hetero) is 1. The van der Waals surface area contributed by atoms with Gasteiger partial charge in [0.15, 0.2) is 0 Å². The van der Waals surface area contributed by atoms with E-state index in [1.807, 2.05) is 0 Å². The van der Waals surface area contributed by atoms with Crippen molar-refractivity contribution < 1.29 is 78.9 Å². The summed E-state index contributed by atoms with van der Waals surface area (Å²) in [7, 11) is 6.16. The molecular formula is C20H39NO15. The Hall–Kier alpha value is -3.63. The Morgan fingerprint density at radius 1 is 0.750 bits per heavy atom. The van der Waals surface area contributed by atoms with Crippen LogP contribution in [0.4, 0.5) is 0 Å². The Morgan fingerprint density at radius 2 is 1.00 bits per heavy atom. The van der Waals surface area contributed by atoms with Crippen LogP contribution in [0.15, 0.2) is 0 Å². The first-order valence-electron chi connectivity index (χ1n) is 9.84. The molecule has 16 nitrogen and oxygen atoms in total. The number of carbonyl (C=O) groups is 7. The van der Waals surface area contributed by atoms with Gasteiger partial charge in [0.2, 0.25) is 5.78 Å². The average molecular weight is 534 g/mol. The van der Waals surface area contributed by atoms with Gasteiger partial charge in [-0.15, -0.1) is 0 Å². The molecule has 0 saturated heterocycles. The van der Waals surface area contributed by atoms with E-state index in [2.05, 4.69) is 21.1 Å². The van der Waals surface area contributed by atoms with E-state index < -0.39 is 47.7 Å². The highest BCUT2D eigenvalue weighted by atomic mass is 16.4. The van der Waals surface area contributed by atoms with Gasteiger partial charge in [-0.05, 0) is 6.42 Å². The van der Waals surface area contributed by atoms with Gasteiger partial charge in [0.05, 0.1) is 52.7 Å². The van der Waals surface area contributed by atoms with Crippen LogP contribution in [-0.4, -0.2) is 122 Å². The van der Waals surface area contributed by atoms with Gasteiger partial charge in [-0.2, -0.15) is 0 Å². The minimum absolute atomic E-state index is 0.211. The zero-order valence-corrected chi connectivity index (χ0v) is 21.5. The monoisotopic (exact) mass is 533 g/mol. The third kappa shape index (κ3) is 111. The van der Waals surface area contributed by atoms with Gasteiger partial charge < -0.3 is 50.1 Å². The molecule has 0 fully saturated rings. The Balaban J connectivity index is -0.0000000763. The van der Waals surface area contributed by atoms with Crippen molar-refractivity contribution in [1.29, 1.82) is 0 Å². The van der Waals surface area contributed by atoms with Crippen molar-refractivity contribution in [3.05, 3.63) is 0 Å². The van der Waals surface area contributed by atoms with E-state index in [-0.39, 0.29) is 25.9 Å². The molecule has 0 aromatic heterocycles. The number of aliphatic carboxylic acids is 6. The number of quaternary nitrogens is 1. The smallest absolute Gasteiger partial charge is 0.371 e. The number of carbonyl (C=O) groups excluding carboxylic acids is 2. The Morgan fingerprint density at radius 3 is 1.03 bits per heavy atom. The molecule has 214 valence electrons. The first-order chi connectivity index (χ1) is 16.0. The number of aliphatic hydroxyl groups excluding tert-OH is 2. The Bertz CT molecular complexity index is 608. The van der Waals surface area contributed by atoms with Gasteiger partial charge >= 0.3 is 17.9 Å². The van der Waals surface area contributed by atoms with Gasteiger partial charge in [-0.1, -0.05) is 6.92 Å². The summed E-state index contributed by atoms with van der Waals surface area (Å²) in [6.45, 7) is 5.85. The standard InChI is InChI=1S/C5H14NO.C4H6O4.C4H8O3.C3H4O3.2C2H4O2/c1-6(2,3)4-5-7;5-3(6)1-2-4(7)8;1-2-3(5)4(6)7;1-2(4)3(5)6;2*1-2(3)4/h7H,4-5H2,1-3H3;1-2H2,(H,5,6)(H,7,8);3,5H,2H2,1H3,(H,6,7);1H3,(H,5,6);2*1H3,(H,3,4)/q+1;;;;;/p-1. The van der Waals surface area contributed by atoms with Crippen LogP contribution in [0.1, 0.15) is 47.0 Å². The summed E-state index contributed by atoms with van der Waals surface area (Å²) in [5.41, 5.74) is 0. The van der Waals surface area contributed by atoms with Crippen molar-refractivity contribution in [3.63, 3.8) is 0 Å². The highest BCUT2D eigenvalue weighted by Crippen LogP contribution is 1.86. The Labute approximate surface area is 208 Å². The van der Waals surface area contributed by atoms with E-state index in [1.165, 1.54) is 0 Å². The minimum atomic E-state index is -1.40. The zero-order valence-electron chi connectivity index (χ0n) is 21.5. The Kier molecular flexibility index (Phi) is 37.4. The number of carboxylic acids is 6. The summed E-state index contributed by atoms with van der Waals surface area (Å²) in [6, 6.07) is 0. The zero-order chi connectivity index (χ0) is 30.7. The van der Waals surface area contributed by atoms with Crippen LogP contribution in [0.25, 0.3) is 0 Å². The number of hydrogen-bond acceptors (Lipinski definition) is 10. The molecule has 0 aromatic carbocycles. The number of aliphatic hydroxyl groups is 2. The molecule has 36 heavy (non-hydrogen) atoms. The van der Waals surface area contributed by atoms with Crippen LogP contribution in [0, 0.1) is 0 Å². The van der Waals surface area contributed by atoms with Gasteiger partial charge in [-0.25, -0.2) is 4.79 Å². The van der Waals surface area contributed by atoms with E-state index in [1.54, 1.807) is 6.92 Å². The fourth-order valence-corrected chi connectivity index (χ4v) is 0.681. The van der Waals surface area contributed by atoms with Crippen LogP contribution in [0.3, 0.4) is 0 Å². The van der Waals surface area contributed by atoms with Crippen LogP contribution < -0.4 is 5.11 Å². The summed E-state index contributed by atoms with van der Waals surface area (Å²) in [6.07, 6.45) is -1.67. The second-order valence-corrected chi connectivity index (χ2v) is 7.17. The maximum absolute atomic E-state index is 9.64. The molecule has 0 radical (unpaired) electrons. The van der Waals surface area contributed by atoms with Gasteiger partial charge in [0.25, 0.3) is 11.9 Å². The summed E-state index contributed by atoms with van der Waals surface area (Å²) in [5, 5.41) is 64.5. The second kappa shape index (κ2) is 29.4. The van der Waals surface area contributed by atoms with Gasteiger partial charge in [-0.3, -0.25) is 24.0 Å². The molecule has 16 heteroatoms. The molecule has 0 aliphatic heterocycles. The molecule has 1 atom stereocenters. The van der Waals surface area contributed by atoms with Crippen molar-refractivity contribution in [3.8, 4) is 0 Å². The highest BCUT2D eigenvalue weighted by molar-refractivity contribution is 6.31. The molecule has 7 N–H and O–H groups in total. The highest BCUT2D eigenvalue weighted by Gasteiger charge is 2.02. The summed E-state index contributed by atoms with van der Waals surface area (Å²) >= 11 is 0. The molecule has 0 aromatic rings. The molecule has 0 aliphatic carbocycles. The molecule has 1 unspecified atom stereocenters. The van der Waals surface area contributed by atoms with Gasteiger partial charge in [0.1, 0.15) is 6.54 Å². The predicted octanol–water partition coefficient (Wildman–Crippen LogP) is -2.03. The third-order valence-electron chi connectivity index (χ3n) is 2.28. The van der Waals surface area contributed by atoms with Crippen molar-refractivity contribution in [1.82, 2.24) is 0 Å². The molecule has 0 aliphatic rings. The van der Waals surface area contributed by atoms with Crippen LogP contribution in [0.5, 0.6) is 0 Å². The summed E-state index contributed by atoms with van der Waals surface area (Å²) < 4.78 is 0.844. The molecule has 0 amide bonds. The van der Waals surface area contributed by atoms with Crippen LogP contribution >= 0.6 is 0 Å². The number of hydrogen-bond donors (Lipinski definition) is 7. The first-order valence-corrected chi connectivity index (χ1v) is 9.84. The number of likely N-dealkylation sites (N-methyl/N-ethyl adjacent to an activating group) is 1. The normalized spacial score (nSPS) is 9.47. The quantitative estimate of drug-likeness (QED) is 0.131. The van der Waals surface area contributed by atoms with Crippen LogP contribution in [-0.2, 0) is 33.6 Å². The molecule has 0 saturated carbocycles. The maximum atomic E-state index is 9.64. The lowest BCUT2D eigenvalue weighted by molar-refractivity contribution is -0.870. The van der Waals surface area contributed by atoms with E-state index in [0.29, 0.717) is 0 Å². The maximum Gasteiger partial charge on any atom is 0.371 e. The first kappa shape index (κ1) is 45.8. The van der Waals surface area contributed by atoms with E-state index >= 15 is 0 Å². The number of rotatable bonds is 8. The van der Waals surface area contributed by atoms with Crippen LogP contribution in [0.2, 0.25) is 0 Å². The predicted molar refractivity (Wildman–Crippen MR) is 121 cm³/mol. The fourth-order valence-electron chi connectivity index (χ4n) is 0.681. The SMILES string of the molecule is CC(=O)C(=O)O.CC(=O)O.CC(=O)O.CCC(O)C(=O)[O-].C[N+](C)(C)CCO.O=C(O)CCC(=O)O. The third-order valence-corrected chi connectivity index (χ3v) is 2.28. The molecule has 0 bridgehead atoms. The lowest BCUT2D eigenvalue weighted by Crippen LogP contribution is -2.36. The average Bonchev–Trinajstić information content (AvgIpc) is 2.65. The molecule has 0 heterocycles. The topological polar surface area (TPSA) is 284 Å². The van der Waals surface area contributed by atoms with E-state index in [0.717, 1.165) is 31.8 Å². The molecular weight excluding hydrogens is 494 g/mol. The lowest BCUT2D eigenvalue weighted by atomic mass is 10.3. The van der Waals surface area contributed by atoms with E-state index in [9.17, 15) is 29.1 Å². The minimum Gasteiger partial charge on any atom is -0.547 e.